The van der Waals surface area contributed by atoms with Crippen LogP contribution >= 0.6 is 0 Å². The van der Waals surface area contributed by atoms with Crippen LogP contribution in [0, 0.1) is 11.3 Å². The van der Waals surface area contributed by atoms with Crippen molar-refractivity contribution >= 4 is 0 Å². The Kier molecular flexibility index (Phi) is 4.13. The third kappa shape index (κ3) is 3.29. The number of rotatable bonds is 4. The molecule has 0 aromatic heterocycles. The van der Waals surface area contributed by atoms with Gasteiger partial charge in [-0.25, -0.2) is 0 Å². The van der Waals surface area contributed by atoms with Gasteiger partial charge < -0.3 is 0 Å². The second kappa shape index (κ2) is 5.81. The standard InChI is InChI=1S/C14H19N3/c1-16(10-8-15)14-7-9-17(12-14)11-13-5-3-2-4-6-13/h2-6,14H,7,9-12H2,1H3. The molecule has 1 aliphatic heterocycles. The number of hydrogen-bond acceptors (Lipinski definition) is 3. The van der Waals surface area contributed by atoms with E-state index in [1.165, 1.54) is 12.0 Å². The molecule has 2 rings (SSSR count). The molecule has 1 saturated heterocycles. The van der Waals surface area contributed by atoms with Gasteiger partial charge in [-0.1, -0.05) is 30.3 Å². The van der Waals surface area contributed by atoms with E-state index in [2.05, 4.69) is 46.2 Å². The van der Waals surface area contributed by atoms with Crippen LogP contribution in [0.5, 0.6) is 0 Å². The van der Waals surface area contributed by atoms with Crippen molar-refractivity contribution in [2.45, 2.75) is 19.0 Å². The molecule has 0 aliphatic carbocycles. The summed E-state index contributed by atoms with van der Waals surface area (Å²) in [5, 5.41) is 8.69. The fourth-order valence-electron chi connectivity index (χ4n) is 2.40. The number of benzene rings is 1. The number of nitriles is 1. The van der Waals surface area contributed by atoms with E-state index >= 15 is 0 Å². The zero-order valence-corrected chi connectivity index (χ0v) is 10.3. The lowest BCUT2D eigenvalue weighted by atomic mass is 10.2. The van der Waals surface area contributed by atoms with Crippen molar-refractivity contribution in [3.63, 3.8) is 0 Å². The lowest BCUT2D eigenvalue weighted by Gasteiger charge is -2.22. The average molecular weight is 229 g/mol. The summed E-state index contributed by atoms with van der Waals surface area (Å²) in [6.45, 7) is 3.77. The predicted molar refractivity (Wildman–Crippen MR) is 68.4 cm³/mol. The molecular formula is C14H19N3. The fraction of sp³-hybridized carbons (Fsp3) is 0.500. The molecule has 0 amide bonds. The average Bonchev–Trinajstić information content (AvgIpc) is 2.79. The molecule has 1 aliphatic rings. The molecule has 1 aromatic rings. The lowest BCUT2D eigenvalue weighted by molar-refractivity contribution is 0.249. The molecule has 0 N–H and O–H groups in total. The molecule has 0 saturated carbocycles. The number of nitrogens with zero attached hydrogens (tertiary/aromatic N) is 3. The smallest absolute Gasteiger partial charge is 0.0866 e. The summed E-state index contributed by atoms with van der Waals surface area (Å²) in [5.74, 6) is 0. The van der Waals surface area contributed by atoms with Crippen LogP contribution < -0.4 is 0 Å². The Balaban J connectivity index is 1.84. The van der Waals surface area contributed by atoms with E-state index in [-0.39, 0.29) is 0 Å². The first-order valence-corrected chi connectivity index (χ1v) is 6.13. The summed E-state index contributed by atoms with van der Waals surface area (Å²) < 4.78 is 0. The SMILES string of the molecule is CN(CC#N)C1CCN(Cc2ccccc2)C1. The molecule has 90 valence electrons. The van der Waals surface area contributed by atoms with Crippen LogP contribution in [0.1, 0.15) is 12.0 Å². The number of likely N-dealkylation sites (N-methyl/N-ethyl adjacent to an activating group) is 1. The highest BCUT2D eigenvalue weighted by atomic mass is 15.2. The van der Waals surface area contributed by atoms with Crippen LogP contribution in [0.2, 0.25) is 0 Å². The molecule has 3 heteroatoms. The quantitative estimate of drug-likeness (QED) is 0.736. The molecule has 0 bridgehead atoms. The molecule has 1 fully saturated rings. The largest absolute Gasteiger partial charge is 0.297 e. The maximum Gasteiger partial charge on any atom is 0.0866 e. The van der Waals surface area contributed by atoms with Gasteiger partial charge in [0.15, 0.2) is 0 Å². The highest BCUT2D eigenvalue weighted by Crippen LogP contribution is 2.16. The van der Waals surface area contributed by atoms with Crippen molar-refractivity contribution < 1.29 is 0 Å². The van der Waals surface area contributed by atoms with E-state index in [4.69, 9.17) is 5.26 Å². The van der Waals surface area contributed by atoms with Crippen molar-refractivity contribution in [2.24, 2.45) is 0 Å². The van der Waals surface area contributed by atoms with E-state index in [9.17, 15) is 0 Å². The summed E-state index contributed by atoms with van der Waals surface area (Å²) >= 11 is 0. The zero-order chi connectivity index (χ0) is 12.1. The van der Waals surface area contributed by atoms with Gasteiger partial charge in [-0.15, -0.1) is 0 Å². The number of likely N-dealkylation sites (tertiary alicyclic amines) is 1. The van der Waals surface area contributed by atoms with E-state index < -0.39 is 0 Å². The monoisotopic (exact) mass is 229 g/mol. The Morgan fingerprint density at radius 1 is 1.41 bits per heavy atom. The van der Waals surface area contributed by atoms with Crippen molar-refractivity contribution in [1.82, 2.24) is 9.80 Å². The van der Waals surface area contributed by atoms with Crippen molar-refractivity contribution in [1.29, 1.82) is 5.26 Å². The molecule has 0 spiro atoms. The van der Waals surface area contributed by atoms with Crippen LogP contribution in [-0.2, 0) is 6.54 Å². The van der Waals surface area contributed by atoms with Crippen LogP contribution in [-0.4, -0.2) is 42.5 Å². The first-order chi connectivity index (χ1) is 8.29. The molecule has 1 aromatic carbocycles. The third-order valence-corrected chi connectivity index (χ3v) is 3.44. The van der Waals surface area contributed by atoms with Gasteiger partial charge in [0, 0.05) is 25.7 Å². The van der Waals surface area contributed by atoms with Gasteiger partial charge in [-0.2, -0.15) is 5.26 Å². The molecule has 1 unspecified atom stereocenters. The van der Waals surface area contributed by atoms with Gasteiger partial charge in [0.05, 0.1) is 12.6 Å². The van der Waals surface area contributed by atoms with Crippen molar-refractivity contribution in [2.75, 3.05) is 26.7 Å². The van der Waals surface area contributed by atoms with E-state index in [0.717, 1.165) is 19.6 Å². The molecule has 1 heterocycles. The van der Waals surface area contributed by atoms with Crippen LogP contribution in [0.3, 0.4) is 0 Å². The van der Waals surface area contributed by atoms with Crippen molar-refractivity contribution in [3.05, 3.63) is 35.9 Å². The minimum absolute atomic E-state index is 0.532. The molecular weight excluding hydrogens is 210 g/mol. The van der Waals surface area contributed by atoms with Gasteiger partial charge >= 0.3 is 0 Å². The zero-order valence-electron chi connectivity index (χ0n) is 10.3. The molecule has 17 heavy (non-hydrogen) atoms. The summed E-state index contributed by atoms with van der Waals surface area (Å²) in [5.41, 5.74) is 1.37. The second-order valence-electron chi connectivity index (χ2n) is 4.74. The second-order valence-corrected chi connectivity index (χ2v) is 4.74. The summed E-state index contributed by atoms with van der Waals surface area (Å²) in [6.07, 6.45) is 1.17. The Morgan fingerprint density at radius 2 is 2.18 bits per heavy atom. The van der Waals surface area contributed by atoms with Gasteiger partial charge in [-0.05, 0) is 19.0 Å². The summed E-state index contributed by atoms with van der Waals surface area (Å²) in [7, 11) is 2.04. The number of hydrogen-bond donors (Lipinski definition) is 0. The molecule has 0 radical (unpaired) electrons. The Labute approximate surface area is 103 Å². The topological polar surface area (TPSA) is 30.3 Å². The van der Waals surface area contributed by atoms with E-state index in [1.807, 2.05) is 7.05 Å². The molecule has 3 nitrogen and oxygen atoms in total. The highest BCUT2D eigenvalue weighted by molar-refractivity contribution is 5.14. The minimum atomic E-state index is 0.532. The minimum Gasteiger partial charge on any atom is -0.297 e. The summed E-state index contributed by atoms with van der Waals surface area (Å²) in [4.78, 5) is 4.62. The first kappa shape index (κ1) is 12.1. The van der Waals surface area contributed by atoms with E-state index in [0.29, 0.717) is 12.6 Å². The predicted octanol–water partition coefficient (Wildman–Crippen LogP) is 1.72. The van der Waals surface area contributed by atoms with Gasteiger partial charge in [0.25, 0.3) is 0 Å². The maximum atomic E-state index is 8.69. The van der Waals surface area contributed by atoms with E-state index in [1.54, 1.807) is 0 Å². The Bertz CT molecular complexity index is 382. The van der Waals surface area contributed by atoms with Gasteiger partial charge in [0.1, 0.15) is 0 Å². The maximum absolute atomic E-state index is 8.69. The van der Waals surface area contributed by atoms with Crippen LogP contribution in [0.15, 0.2) is 30.3 Å². The first-order valence-electron chi connectivity index (χ1n) is 6.13. The van der Waals surface area contributed by atoms with Gasteiger partial charge in [-0.3, -0.25) is 9.80 Å². The fourth-order valence-corrected chi connectivity index (χ4v) is 2.40. The normalized spacial score (nSPS) is 20.6. The van der Waals surface area contributed by atoms with Gasteiger partial charge in [0.2, 0.25) is 0 Å². The Morgan fingerprint density at radius 3 is 2.88 bits per heavy atom. The Hall–Kier alpha value is -1.37. The van der Waals surface area contributed by atoms with Crippen LogP contribution in [0.25, 0.3) is 0 Å². The lowest BCUT2D eigenvalue weighted by Crippen LogP contribution is -2.34. The summed E-state index contributed by atoms with van der Waals surface area (Å²) in [6, 6.07) is 13.3. The van der Waals surface area contributed by atoms with Crippen LogP contribution in [0.4, 0.5) is 0 Å². The highest BCUT2D eigenvalue weighted by Gasteiger charge is 2.25. The molecule has 1 atom stereocenters. The van der Waals surface area contributed by atoms with Crippen molar-refractivity contribution in [3.8, 4) is 6.07 Å². The third-order valence-electron chi connectivity index (χ3n) is 3.44.